The van der Waals surface area contributed by atoms with E-state index in [1.165, 1.54) is 12.3 Å². The summed E-state index contributed by atoms with van der Waals surface area (Å²) < 4.78 is 5.44. The van der Waals surface area contributed by atoms with Crippen LogP contribution in [0.25, 0.3) is 0 Å². The molecule has 110 valence electrons. The lowest BCUT2D eigenvalue weighted by Gasteiger charge is -2.07. The minimum Gasteiger partial charge on any atom is -0.481 e. The predicted octanol–water partition coefficient (Wildman–Crippen LogP) is 2.79. The normalized spacial score (nSPS) is 10.1. The molecule has 21 heavy (non-hydrogen) atoms. The first-order valence-corrected chi connectivity index (χ1v) is 6.61. The molecule has 1 N–H and O–H groups in total. The van der Waals surface area contributed by atoms with Gasteiger partial charge in [0.1, 0.15) is 18.6 Å². The van der Waals surface area contributed by atoms with Gasteiger partial charge in [-0.3, -0.25) is 0 Å². The fourth-order valence-electron chi connectivity index (χ4n) is 1.66. The van der Waals surface area contributed by atoms with E-state index in [4.69, 9.17) is 4.74 Å². The highest BCUT2D eigenvalue weighted by Crippen LogP contribution is 2.23. The van der Waals surface area contributed by atoms with Gasteiger partial charge in [0.25, 0.3) is 0 Å². The average Bonchev–Trinajstić information content (AvgIpc) is 2.52. The van der Waals surface area contributed by atoms with Crippen LogP contribution < -0.4 is 10.1 Å². The smallest absolute Gasteiger partial charge is 0.406 e. The van der Waals surface area contributed by atoms with Gasteiger partial charge >= 0.3 is 5.82 Å². The number of aromatic nitrogens is 2. The zero-order valence-corrected chi connectivity index (χ0v) is 11.7. The third-order valence-corrected chi connectivity index (χ3v) is 2.70. The Balaban J connectivity index is 1.98. The van der Waals surface area contributed by atoms with E-state index in [0.29, 0.717) is 0 Å². The van der Waals surface area contributed by atoms with Crippen LogP contribution in [0.2, 0.25) is 0 Å². The lowest BCUT2D eigenvalue weighted by molar-refractivity contribution is -0.390. The minimum absolute atomic E-state index is 0.149. The van der Waals surface area contributed by atoms with Crippen LogP contribution in [0.1, 0.15) is 18.9 Å². The van der Waals surface area contributed by atoms with Crippen LogP contribution in [0.3, 0.4) is 0 Å². The van der Waals surface area contributed by atoms with Crippen molar-refractivity contribution in [2.75, 3.05) is 11.9 Å². The van der Waals surface area contributed by atoms with Crippen LogP contribution in [0.15, 0.2) is 36.7 Å². The van der Waals surface area contributed by atoms with Gasteiger partial charge in [-0.05, 0) is 34.5 Å². The molecule has 0 saturated heterocycles. The monoisotopic (exact) mass is 288 g/mol. The average molecular weight is 288 g/mol. The van der Waals surface area contributed by atoms with Gasteiger partial charge in [-0.2, -0.15) is 0 Å². The van der Waals surface area contributed by atoms with Gasteiger partial charge in [-0.15, -0.1) is 0 Å². The van der Waals surface area contributed by atoms with E-state index in [9.17, 15) is 10.1 Å². The third kappa shape index (κ3) is 4.13. The first-order valence-electron chi connectivity index (χ1n) is 6.61. The number of nitrogens with zero attached hydrogens (tertiary/aromatic N) is 3. The standard InChI is InChI=1S/C14H16N4O3/c1-2-7-15-13-6-5-11(9-17-13)10-21-12-4-3-8-16-14(12)18(19)20/h3-6,8-9H,2,7,10H2,1H3,(H,15,17). The maximum atomic E-state index is 10.8. The minimum atomic E-state index is -0.564. The predicted molar refractivity (Wildman–Crippen MR) is 78.2 cm³/mol. The third-order valence-electron chi connectivity index (χ3n) is 2.70. The van der Waals surface area contributed by atoms with E-state index in [1.54, 1.807) is 12.3 Å². The Morgan fingerprint density at radius 1 is 1.33 bits per heavy atom. The zero-order chi connectivity index (χ0) is 15.1. The van der Waals surface area contributed by atoms with Crippen molar-refractivity contribution in [1.82, 2.24) is 9.97 Å². The number of nitro groups is 1. The van der Waals surface area contributed by atoms with Gasteiger partial charge in [0.05, 0.1) is 0 Å². The quantitative estimate of drug-likeness (QED) is 0.622. The van der Waals surface area contributed by atoms with Crippen molar-refractivity contribution in [3.8, 4) is 5.75 Å². The summed E-state index contributed by atoms with van der Waals surface area (Å²) in [7, 11) is 0. The Bertz CT molecular complexity index is 601. The number of anilines is 1. The van der Waals surface area contributed by atoms with Crippen LogP contribution in [-0.2, 0) is 6.61 Å². The number of rotatable bonds is 7. The molecule has 0 aliphatic rings. The molecule has 0 aliphatic carbocycles. The number of hydrogen-bond donors (Lipinski definition) is 1. The Morgan fingerprint density at radius 3 is 2.86 bits per heavy atom. The lowest BCUT2D eigenvalue weighted by Crippen LogP contribution is -2.03. The van der Waals surface area contributed by atoms with Gasteiger partial charge in [0.2, 0.25) is 5.75 Å². The zero-order valence-electron chi connectivity index (χ0n) is 11.7. The highest BCUT2D eigenvalue weighted by molar-refractivity contribution is 5.39. The summed E-state index contributed by atoms with van der Waals surface area (Å²) >= 11 is 0. The largest absolute Gasteiger partial charge is 0.481 e. The van der Waals surface area contributed by atoms with E-state index in [2.05, 4.69) is 22.2 Å². The van der Waals surface area contributed by atoms with Gasteiger partial charge < -0.3 is 20.2 Å². The number of ether oxygens (including phenoxy) is 1. The SMILES string of the molecule is CCCNc1ccc(COc2cccnc2[N+](=O)[O-])cn1. The highest BCUT2D eigenvalue weighted by atomic mass is 16.6. The number of nitrogens with one attached hydrogen (secondary N) is 1. The fourth-order valence-corrected chi connectivity index (χ4v) is 1.66. The van der Waals surface area contributed by atoms with Crippen molar-refractivity contribution in [2.45, 2.75) is 20.0 Å². The van der Waals surface area contributed by atoms with Crippen molar-refractivity contribution < 1.29 is 9.66 Å². The molecular weight excluding hydrogens is 272 g/mol. The topological polar surface area (TPSA) is 90.2 Å². The fraction of sp³-hybridized carbons (Fsp3) is 0.286. The molecule has 2 aromatic rings. The maximum Gasteiger partial charge on any atom is 0.406 e. The molecule has 0 radical (unpaired) electrons. The summed E-state index contributed by atoms with van der Waals surface area (Å²) in [6.07, 6.45) is 4.07. The summed E-state index contributed by atoms with van der Waals surface area (Å²) in [5, 5.41) is 14.0. The Hall–Kier alpha value is -2.70. The van der Waals surface area contributed by atoms with E-state index < -0.39 is 4.92 Å². The van der Waals surface area contributed by atoms with E-state index in [1.807, 2.05) is 12.1 Å². The highest BCUT2D eigenvalue weighted by Gasteiger charge is 2.15. The van der Waals surface area contributed by atoms with Crippen molar-refractivity contribution in [3.63, 3.8) is 0 Å². The Morgan fingerprint density at radius 2 is 2.19 bits per heavy atom. The molecule has 2 heterocycles. The second-order valence-electron chi connectivity index (χ2n) is 4.35. The molecule has 2 aromatic heterocycles. The molecule has 0 aromatic carbocycles. The Kier molecular flexibility index (Phi) is 5.03. The van der Waals surface area contributed by atoms with Crippen LogP contribution in [0.4, 0.5) is 11.6 Å². The van der Waals surface area contributed by atoms with Crippen LogP contribution in [0, 0.1) is 10.1 Å². The lowest BCUT2D eigenvalue weighted by atomic mass is 10.3. The summed E-state index contributed by atoms with van der Waals surface area (Å²) in [6, 6.07) is 6.84. The summed E-state index contributed by atoms with van der Waals surface area (Å²) in [6.45, 7) is 3.15. The molecule has 0 saturated carbocycles. The molecule has 0 aliphatic heterocycles. The van der Waals surface area contributed by atoms with Crippen molar-refractivity contribution in [3.05, 3.63) is 52.3 Å². The molecule has 0 amide bonds. The molecule has 2 rings (SSSR count). The van der Waals surface area contributed by atoms with Gasteiger partial charge in [-0.1, -0.05) is 13.0 Å². The van der Waals surface area contributed by atoms with E-state index in [-0.39, 0.29) is 18.2 Å². The van der Waals surface area contributed by atoms with E-state index >= 15 is 0 Å². The van der Waals surface area contributed by atoms with E-state index in [0.717, 1.165) is 24.3 Å². The summed E-state index contributed by atoms with van der Waals surface area (Å²) in [4.78, 5) is 18.2. The molecule has 7 heteroatoms. The van der Waals surface area contributed by atoms with Crippen molar-refractivity contribution in [2.24, 2.45) is 0 Å². The molecule has 0 fully saturated rings. The molecule has 0 spiro atoms. The van der Waals surface area contributed by atoms with Gasteiger partial charge in [0.15, 0.2) is 0 Å². The van der Waals surface area contributed by atoms with Gasteiger partial charge in [0, 0.05) is 18.3 Å². The maximum absolute atomic E-state index is 10.8. The second kappa shape index (κ2) is 7.18. The molecular formula is C14H16N4O3. The first kappa shape index (κ1) is 14.7. The van der Waals surface area contributed by atoms with Crippen LogP contribution in [0.5, 0.6) is 5.75 Å². The Labute approximate surface area is 122 Å². The second-order valence-corrected chi connectivity index (χ2v) is 4.35. The first-order chi connectivity index (χ1) is 10.2. The summed E-state index contributed by atoms with van der Waals surface area (Å²) in [5.41, 5.74) is 0.829. The van der Waals surface area contributed by atoms with Crippen LogP contribution in [-0.4, -0.2) is 21.4 Å². The molecule has 0 atom stereocenters. The summed E-state index contributed by atoms with van der Waals surface area (Å²) in [5.74, 6) is 0.662. The van der Waals surface area contributed by atoms with Crippen molar-refractivity contribution in [1.29, 1.82) is 0 Å². The number of pyridine rings is 2. The van der Waals surface area contributed by atoms with Crippen molar-refractivity contribution >= 4 is 11.6 Å². The van der Waals surface area contributed by atoms with Gasteiger partial charge in [-0.25, -0.2) is 4.98 Å². The molecule has 0 unspecified atom stereocenters. The molecule has 7 nitrogen and oxygen atoms in total. The van der Waals surface area contributed by atoms with Crippen LogP contribution >= 0.6 is 0 Å². The number of hydrogen-bond acceptors (Lipinski definition) is 6. The molecule has 0 bridgehead atoms.